The van der Waals surface area contributed by atoms with Crippen LogP contribution in [0.1, 0.15) is 29.8 Å². The van der Waals surface area contributed by atoms with Gasteiger partial charge in [0.25, 0.3) is 5.91 Å². The molecule has 2 heterocycles. The first-order chi connectivity index (χ1) is 14.0. The zero-order chi connectivity index (χ0) is 20.3. The molecule has 0 atom stereocenters. The number of amides is 1. The summed E-state index contributed by atoms with van der Waals surface area (Å²) in [7, 11) is -3.62. The van der Waals surface area contributed by atoms with Crippen molar-refractivity contribution in [3.8, 4) is 0 Å². The lowest BCUT2D eigenvalue weighted by molar-refractivity contribution is 0.0787. The molecule has 3 aromatic rings. The van der Waals surface area contributed by atoms with Gasteiger partial charge in [-0.05, 0) is 30.7 Å². The Labute approximate surface area is 169 Å². The first kappa shape index (κ1) is 19.5. The van der Waals surface area contributed by atoms with E-state index in [4.69, 9.17) is 0 Å². The average molecular weight is 414 g/mol. The molecule has 0 aliphatic carbocycles. The number of nitrogens with zero attached hydrogens (tertiary/aromatic N) is 4. The van der Waals surface area contributed by atoms with E-state index in [-0.39, 0.29) is 17.3 Å². The van der Waals surface area contributed by atoms with Crippen LogP contribution in [0.4, 0.5) is 0 Å². The van der Waals surface area contributed by atoms with Crippen molar-refractivity contribution in [1.82, 2.24) is 24.6 Å². The molecule has 1 fully saturated rings. The molecule has 0 unspecified atom stereocenters. The minimum atomic E-state index is -3.62. The summed E-state index contributed by atoms with van der Waals surface area (Å²) in [6.45, 7) is 2.27. The zero-order valence-electron chi connectivity index (χ0n) is 16.0. The smallest absolute Gasteiger partial charge is 0.276 e. The third kappa shape index (κ3) is 4.30. The molecule has 0 spiro atoms. The predicted octanol–water partition coefficient (Wildman–Crippen LogP) is 2.04. The summed E-state index contributed by atoms with van der Waals surface area (Å²) in [4.78, 5) is 14.4. The molecule has 0 bridgehead atoms. The minimum absolute atomic E-state index is 0.0922. The molecule has 2 aromatic carbocycles. The first-order valence-corrected chi connectivity index (χ1v) is 11.2. The Hall–Kier alpha value is -2.78. The lowest BCUT2D eigenvalue weighted by atomic mass is 10.1. The van der Waals surface area contributed by atoms with Crippen LogP contribution >= 0.6 is 0 Å². The van der Waals surface area contributed by atoms with E-state index in [0.29, 0.717) is 24.0 Å². The monoisotopic (exact) mass is 413 g/mol. The number of sulfonamides is 1. The van der Waals surface area contributed by atoms with Crippen molar-refractivity contribution in [2.75, 3.05) is 19.6 Å². The number of hydrogen-bond acceptors (Lipinski definition) is 5. The number of carbonyl (C=O) groups excluding carboxylic acids is 1. The van der Waals surface area contributed by atoms with Crippen LogP contribution in [0, 0.1) is 0 Å². The average Bonchev–Trinajstić information content (AvgIpc) is 3.42. The summed E-state index contributed by atoms with van der Waals surface area (Å²) in [6, 6.07) is 12.6. The molecule has 0 saturated carbocycles. The Morgan fingerprint density at radius 2 is 1.83 bits per heavy atom. The van der Waals surface area contributed by atoms with E-state index in [1.54, 1.807) is 34.0 Å². The van der Waals surface area contributed by atoms with Gasteiger partial charge in [-0.1, -0.05) is 41.6 Å². The molecule has 1 aliphatic rings. The second kappa shape index (κ2) is 8.30. The Morgan fingerprint density at radius 3 is 2.66 bits per heavy atom. The largest absolute Gasteiger partial charge is 0.337 e. The first-order valence-electron chi connectivity index (χ1n) is 9.71. The van der Waals surface area contributed by atoms with Gasteiger partial charge in [-0.2, -0.15) is 0 Å². The number of carbonyl (C=O) groups is 1. The summed E-state index contributed by atoms with van der Waals surface area (Å²) >= 11 is 0. The molecule has 1 aliphatic heterocycles. The molecule has 1 saturated heterocycles. The molecule has 0 radical (unpaired) electrons. The third-order valence-corrected chi connectivity index (χ3v) is 6.57. The predicted molar refractivity (Wildman–Crippen MR) is 109 cm³/mol. The van der Waals surface area contributed by atoms with Gasteiger partial charge in [0.15, 0.2) is 5.69 Å². The Balaban J connectivity index is 1.34. The summed E-state index contributed by atoms with van der Waals surface area (Å²) in [5.74, 6) is -0.0922. The maximum Gasteiger partial charge on any atom is 0.276 e. The standard InChI is InChI=1S/C20H23N5O3S/c26-20(24-12-3-4-13-24)18-15-25(23-22-18)14-6-11-21-29(27,28)19-10-5-8-16-7-1-2-9-17(16)19/h1-2,5,7-10,15,21H,3-4,6,11-14H2. The van der Waals surface area contributed by atoms with Crippen molar-refractivity contribution in [3.63, 3.8) is 0 Å². The Morgan fingerprint density at radius 1 is 1.07 bits per heavy atom. The number of likely N-dealkylation sites (tertiary alicyclic amines) is 1. The molecule has 1 N–H and O–H groups in total. The fourth-order valence-corrected chi connectivity index (χ4v) is 4.84. The maximum absolute atomic E-state index is 12.7. The molecule has 29 heavy (non-hydrogen) atoms. The van der Waals surface area contributed by atoms with E-state index in [1.165, 1.54) is 0 Å². The van der Waals surface area contributed by atoms with E-state index in [0.717, 1.165) is 31.3 Å². The highest BCUT2D eigenvalue weighted by molar-refractivity contribution is 7.89. The molecule has 8 nitrogen and oxygen atoms in total. The van der Waals surface area contributed by atoms with Gasteiger partial charge in [-0.15, -0.1) is 5.10 Å². The SMILES string of the molecule is O=C(c1cn(CCCNS(=O)(=O)c2cccc3ccccc23)nn1)N1CCCC1. The lowest BCUT2D eigenvalue weighted by Crippen LogP contribution is -2.27. The minimum Gasteiger partial charge on any atom is -0.337 e. The summed E-state index contributed by atoms with van der Waals surface area (Å²) in [6.07, 6.45) is 4.21. The number of rotatable bonds is 7. The van der Waals surface area contributed by atoms with E-state index < -0.39 is 10.0 Å². The number of hydrogen-bond donors (Lipinski definition) is 1. The normalized spacial score (nSPS) is 14.6. The second-order valence-corrected chi connectivity index (χ2v) is 8.83. The van der Waals surface area contributed by atoms with Gasteiger partial charge in [0.2, 0.25) is 10.0 Å². The van der Waals surface area contributed by atoms with Crippen LogP contribution in [0.5, 0.6) is 0 Å². The van der Waals surface area contributed by atoms with Crippen molar-refractivity contribution >= 4 is 26.7 Å². The van der Waals surface area contributed by atoms with Gasteiger partial charge in [-0.25, -0.2) is 13.1 Å². The highest BCUT2D eigenvalue weighted by atomic mass is 32.2. The Bertz CT molecular complexity index is 1110. The van der Waals surface area contributed by atoms with E-state index in [9.17, 15) is 13.2 Å². The number of fused-ring (bicyclic) bond motifs is 1. The van der Waals surface area contributed by atoms with Crippen molar-refractivity contribution in [2.45, 2.75) is 30.7 Å². The maximum atomic E-state index is 12.7. The highest BCUT2D eigenvalue weighted by Crippen LogP contribution is 2.22. The third-order valence-electron chi connectivity index (χ3n) is 5.05. The van der Waals surface area contributed by atoms with Crippen molar-refractivity contribution < 1.29 is 13.2 Å². The van der Waals surface area contributed by atoms with Crippen molar-refractivity contribution in [3.05, 3.63) is 54.4 Å². The summed E-state index contributed by atoms with van der Waals surface area (Å²) < 4.78 is 29.6. The van der Waals surface area contributed by atoms with Gasteiger partial charge in [0.05, 0.1) is 11.1 Å². The molecular formula is C20H23N5O3S. The molecule has 9 heteroatoms. The number of aryl methyl sites for hydroxylation is 1. The summed E-state index contributed by atoms with van der Waals surface area (Å²) in [5, 5.41) is 9.52. The van der Waals surface area contributed by atoms with Crippen LogP contribution < -0.4 is 4.72 Å². The molecule has 1 aromatic heterocycles. The van der Waals surface area contributed by atoms with Crippen LogP contribution in [0.15, 0.2) is 53.6 Å². The van der Waals surface area contributed by atoms with E-state index >= 15 is 0 Å². The van der Waals surface area contributed by atoms with Crippen molar-refractivity contribution in [1.29, 1.82) is 0 Å². The number of aromatic nitrogens is 3. The molecule has 152 valence electrons. The molecule has 4 rings (SSSR count). The molecular weight excluding hydrogens is 390 g/mol. The number of benzene rings is 2. The summed E-state index contributed by atoms with van der Waals surface area (Å²) in [5.41, 5.74) is 0.336. The van der Waals surface area contributed by atoms with Crippen LogP contribution in [0.3, 0.4) is 0 Å². The quantitative estimate of drug-likeness (QED) is 0.598. The van der Waals surface area contributed by atoms with Gasteiger partial charge in [-0.3, -0.25) is 9.48 Å². The van der Waals surface area contributed by atoms with Gasteiger partial charge in [0, 0.05) is 31.6 Å². The van der Waals surface area contributed by atoms with E-state index in [2.05, 4.69) is 15.0 Å². The zero-order valence-corrected chi connectivity index (χ0v) is 16.8. The van der Waals surface area contributed by atoms with Crippen LogP contribution in [0.25, 0.3) is 10.8 Å². The topological polar surface area (TPSA) is 97.2 Å². The van der Waals surface area contributed by atoms with Gasteiger partial charge >= 0.3 is 0 Å². The second-order valence-electron chi connectivity index (χ2n) is 7.09. The molecule has 1 amide bonds. The van der Waals surface area contributed by atoms with Crippen molar-refractivity contribution in [2.24, 2.45) is 0 Å². The van der Waals surface area contributed by atoms with Crippen LogP contribution in [-0.4, -0.2) is 53.9 Å². The highest BCUT2D eigenvalue weighted by Gasteiger charge is 2.22. The van der Waals surface area contributed by atoms with Crippen LogP contribution in [-0.2, 0) is 16.6 Å². The lowest BCUT2D eigenvalue weighted by Gasteiger charge is -2.12. The van der Waals surface area contributed by atoms with Gasteiger partial charge in [0.1, 0.15) is 0 Å². The Kier molecular flexibility index (Phi) is 5.59. The van der Waals surface area contributed by atoms with E-state index in [1.807, 2.05) is 24.3 Å². The fraction of sp³-hybridized carbons (Fsp3) is 0.350. The fourth-order valence-electron chi connectivity index (χ4n) is 3.54. The van der Waals surface area contributed by atoms with Gasteiger partial charge < -0.3 is 4.90 Å². The number of nitrogens with one attached hydrogen (secondary N) is 1. The van der Waals surface area contributed by atoms with Crippen LogP contribution in [0.2, 0.25) is 0 Å².